The predicted molar refractivity (Wildman–Crippen MR) is 76.3 cm³/mol. The minimum Gasteiger partial charge on any atom is -0.361 e. The average molecular weight is 264 g/mol. The second-order valence-electron chi connectivity index (χ2n) is 4.85. The van der Waals surface area contributed by atoms with Gasteiger partial charge in [-0.15, -0.1) is 0 Å². The van der Waals surface area contributed by atoms with Crippen molar-refractivity contribution in [2.75, 3.05) is 32.7 Å². The standard InChI is InChI=1S/C14H18ClN3/c15-12-1-2-13-11(10-17-14(13)9-12)3-6-18-7-4-16-5-8-18/h1-2,9-10,16-17H,3-8H2. The highest BCUT2D eigenvalue weighted by atomic mass is 35.5. The van der Waals surface area contributed by atoms with E-state index in [1.165, 1.54) is 10.9 Å². The molecule has 1 fully saturated rings. The molecule has 18 heavy (non-hydrogen) atoms. The van der Waals surface area contributed by atoms with Crippen LogP contribution in [0.15, 0.2) is 24.4 Å². The highest BCUT2D eigenvalue weighted by molar-refractivity contribution is 6.31. The molecule has 1 aromatic carbocycles. The Hall–Kier alpha value is -1.03. The molecule has 1 aliphatic rings. The summed E-state index contributed by atoms with van der Waals surface area (Å²) in [5.41, 5.74) is 2.53. The van der Waals surface area contributed by atoms with Crippen molar-refractivity contribution >= 4 is 22.5 Å². The van der Waals surface area contributed by atoms with Crippen LogP contribution in [0.5, 0.6) is 0 Å². The van der Waals surface area contributed by atoms with E-state index in [4.69, 9.17) is 11.6 Å². The molecular formula is C14H18ClN3. The molecule has 1 aromatic heterocycles. The largest absolute Gasteiger partial charge is 0.361 e. The van der Waals surface area contributed by atoms with Gasteiger partial charge in [0.1, 0.15) is 0 Å². The van der Waals surface area contributed by atoms with E-state index in [9.17, 15) is 0 Å². The quantitative estimate of drug-likeness (QED) is 0.890. The van der Waals surface area contributed by atoms with Gasteiger partial charge in [0, 0.05) is 54.8 Å². The average Bonchev–Trinajstić information content (AvgIpc) is 2.80. The number of hydrogen-bond donors (Lipinski definition) is 2. The van der Waals surface area contributed by atoms with Gasteiger partial charge in [-0.2, -0.15) is 0 Å². The molecule has 2 aromatic rings. The fourth-order valence-electron chi connectivity index (χ4n) is 2.58. The van der Waals surface area contributed by atoms with Crippen LogP contribution < -0.4 is 5.32 Å². The summed E-state index contributed by atoms with van der Waals surface area (Å²) in [7, 11) is 0. The van der Waals surface area contributed by atoms with Crippen LogP contribution in [-0.4, -0.2) is 42.6 Å². The van der Waals surface area contributed by atoms with Crippen molar-refractivity contribution in [1.82, 2.24) is 15.2 Å². The first-order valence-corrected chi connectivity index (χ1v) is 6.89. The van der Waals surface area contributed by atoms with E-state index in [2.05, 4.69) is 27.5 Å². The Morgan fingerprint density at radius 2 is 2.06 bits per heavy atom. The molecule has 0 spiro atoms. The van der Waals surface area contributed by atoms with E-state index < -0.39 is 0 Å². The summed E-state index contributed by atoms with van der Waals surface area (Å²) in [5.74, 6) is 0. The Bertz CT molecular complexity index is 529. The van der Waals surface area contributed by atoms with E-state index in [0.29, 0.717) is 0 Å². The van der Waals surface area contributed by atoms with Gasteiger partial charge < -0.3 is 15.2 Å². The second-order valence-corrected chi connectivity index (χ2v) is 5.28. The lowest BCUT2D eigenvalue weighted by atomic mass is 10.1. The molecule has 0 aliphatic carbocycles. The molecule has 0 radical (unpaired) electrons. The van der Waals surface area contributed by atoms with E-state index in [-0.39, 0.29) is 0 Å². The zero-order valence-electron chi connectivity index (χ0n) is 10.4. The zero-order chi connectivity index (χ0) is 12.4. The topological polar surface area (TPSA) is 31.1 Å². The molecule has 0 amide bonds. The fourth-order valence-corrected chi connectivity index (χ4v) is 2.75. The Morgan fingerprint density at radius 3 is 2.89 bits per heavy atom. The normalized spacial score (nSPS) is 17.4. The van der Waals surface area contributed by atoms with Gasteiger partial charge in [0.2, 0.25) is 0 Å². The van der Waals surface area contributed by atoms with Crippen LogP contribution in [0.4, 0.5) is 0 Å². The number of hydrogen-bond acceptors (Lipinski definition) is 2. The van der Waals surface area contributed by atoms with Crippen molar-refractivity contribution in [3.63, 3.8) is 0 Å². The monoisotopic (exact) mass is 263 g/mol. The number of halogens is 1. The van der Waals surface area contributed by atoms with Gasteiger partial charge in [-0.1, -0.05) is 17.7 Å². The Balaban J connectivity index is 1.70. The number of nitrogens with one attached hydrogen (secondary N) is 2. The fraction of sp³-hybridized carbons (Fsp3) is 0.429. The van der Waals surface area contributed by atoms with Crippen LogP contribution in [-0.2, 0) is 6.42 Å². The summed E-state index contributed by atoms with van der Waals surface area (Å²) in [6.07, 6.45) is 3.21. The van der Waals surface area contributed by atoms with Crippen LogP contribution in [0, 0.1) is 0 Å². The van der Waals surface area contributed by atoms with Gasteiger partial charge in [0.25, 0.3) is 0 Å². The van der Waals surface area contributed by atoms with E-state index >= 15 is 0 Å². The van der Waals surface area contributed by atoms with Crippen molar-refractivity contribution < 1.29 is 0 Å². The van der Waals surface area contributed by atoms with E-state index in [1.807, 2.05) is 12.1 Å². The number of aromatic amines is 1. The summed E-state index contributed by atoms with van der Waals surface area (Å²) < 4.78 is 0. The van der Waals surface area contributed by atoms with Crippen LogP contribution in [0.1, 0.15) is 5.56 Å². The highest BCUT2D eigenvalue weighted by Gasteiger charge is 2.10. The van der Waals surface area contributed by atoms with Crippen LogP contribution in [0.25, 0.3) is 10.9 Å². The Morgan fingerprint density at radius 1 is 1.22 bits per heavy atom. The summed E-state index contributed by atoms with van der Waals surface area (Å²) in [4.78, 5) is 5.82. The predicted octanol–water partition coefficient (Wildman–Crippen LogP) is 2.27. The van der Waals surface area contributed by atoms with Gasteiger partial charge >= 0.3 is 0 Å². The molecule has 1 aliphatic heterocycles. The molecule has 1 saturated heterocycles. The van der Waals surface area contributed by atoms with Gasteiger partial charge in [0.15, 0.2) is 0 Å². The Kier molecular flexibility index (Phi) is 3.55. The van der Waals surface area contributed by atoms with Crippen molar-refractivity contribution in [2.45, 2.75) is 6.42 Å². The van der Waals surface area contributed by atoms with E-state index in [0.717, 1.165) is 49.7 Å². The SMILES string of the molecule is Clc1ccc2c(CCN3CCNCC3)c[nH]c2c1. The molecular weight excluding hydrogens is 246 g/mol. The number of nitrogens with zero attached hydrogens (tertiary/aromatic N) is 1. The van der Waals surface area contributed by atoms with Crippen LogP contribution in [0.3, 0.4) is 0 Å². The first-order valence-electron chi connectivity index (χ1n) is 6.51. The molecule has 3 nitrogen and oxygen atoms in total. The number of H-pyrrole nitrogens is 1. The first kappa shape index (κ1) is 12.0. The number of fused-ring (bicyclic) bond motifs is 1. The van der Waals surface area contributed by atoms with Gasteiger partial charge in [-0.05, 0) is 24.1 Å². The number of piperazine rings is 1. The van der Waals surface area contributed by atoms with Crippen molar-refractivity contribution in [1.29, 1.82) is 0 Å². The molecule has 2 heterocycles. The van der Waals surface area contributed by atoms with Crippen molar-refractivity contribution in [3.05, 3.63) is 35.0 Å². The highest BCUT2D eigenvalue weighted by Crippen LogP contribution is 2.22. The third-order valence-corrected chi connectivity index (χ3v) is 3.87. The lowest BCUT2D eigenvalue weighted by Crippen LogP contribution is -2.44. The van der Waals surface area contributed by atoms with Gasteiger partial charge in [0.05, 0.1) is 0 Å². The summed E-state index contributed by atoms with van der Waals surface area (Å²) in [6.45, 7) is 5.69. The Labute approximate surface area is 112 Å². The summed E-state index contributed by atoms with van der Waals surface area (Å²) >= 11 is 5.99. The van der Waals surface area contributed by atoms with Crippen molar-refractivity contribution in [3.8, 4) is 0 Å². The third kappa shape index (κ3) is 2.53. The van der Waals surface area contributed by atoms with Crippen LogP contribution >= 0.6 is 11.6 Å². The van der Waals surface area contributed by atoms with E-state index in [1.54, 1.807) is 0 Å². The number of benzene rings is 1. The van der Waals surface area contributed by atoms with Gasteiger partial charge in [-0.3, -0.25) is 0 Å². The minimum absolute atomic E-state index is 0.790. The molecule has 4 heteroatoms. The number of aromatic nitrogens is 1. The third-order valence-electron chi connectivity index (χ3n) is 3.64. The molecule has 0 bridgehead atoms. The lowest BCUT2D eigenvalue weighted by Gasteiger charge is -2.26. The summed E-state index contributed by atoms with van der Waals surface area (Å²) in [5, 5.41) is 5.47. The minimum atomic E-state index is 0.790. The zero-order valence-corrected chi connectivity index (χ0v) is 11.1. The maximum atomic E-state index is 5.99. The van der Waals surface area contributed by atoms with Crippen LogP contribution in [0.2, 0.25) is 5.02 Å². The maximum absolute atomic E-state index is 5.99. The molecule has 0 atom stereocenters. The smallest absolute Gasteiger partial charge is 0.0471 e. The first-order chi connectivity index (χ1) is 8.83. The van der Waals surface area contributed by atoms with Gasteiger partial charge in [-0.25, -0.2) is 0 Å². The molecule has 0 unspecified atom stereocenters. The second kappa shape index (κ2) is 5.31. The molecule has 96 valence electrons. The molecule has 3 rings (SSSR count). The molecule has 2 N–H and O–H groups in total. The maximum Gasteiger partial charge on any atom is 0.0471 e. The number of rotatable bonds is 3. The molecule has 0 saturated carbocycles. The lowest BCUT2D eigenvalue weighted by molar-refractivity contribution is 0.244. The summed E-state index contributed by atoms with van der Waals surface area (Å²) in [6, 6.07) is 6.07. The van der Waals surface area contributed by atoms with Crippen molar-refractivity contribution in [2.24, 2.45) is 0 Å².